The Morgan fingerprint density at radius 3 is 2.44 bits per heavy atom. The van der Waals surface area contributed by atoms with Crippen LogP contribution in [0.2, 0.25) is 0 Å². The summed E-state index contributed by atoms with van der Waals surface area (Å²) in [4.78, 5) is 18.6. The Morgan fingerprint density at radius 1 is 1.15 bits per heavy atom. The van der Waals surface area contributed by atoms with E-state index in [1.54, 1.807) is 0 Å². The number of hydrogen-bond acceptors (Lipinski definition) is 4. The monoisotopic (exact) mass is 412 g/mol. The molecule has 2 aromatic heterocycles. The largest absolute Gasteiger partial charge is 0.450 e. The van der Waals surface area contributed by atoms with Crippen LogP contribution in [-0.4, -0.2) is 20.0 Å². The highest BCUT2D eigenvalue weighted by molar-refractivity contribution is 7.84. The quantitative estimate of drug-likeness (QED) is 0.637. The van der Waals surface area contributed by atoms with Crippen LogP contribution in [0, 0.1) is 0 Å². The van der Waals surface area contributed by atoms with Crippen molar-refractivity contribution >= 4 is 32.4 Å². The first-order chi connectivity index (χ1) is 12.8. The molecule has 1 unspecified atom stereocenters. The molecule has 9 heteroatoms. The molecule has 2 heterocycles. The summed E-state index contributed by atoms with van der Waals surface area (Å²) >= 11 is 1.19. The lowest BCUT2D eigenvalue weighted by Gasteiger charge is -2.15. The summed E-state index contributed by atoms with van der Waals surface area (Å²) in [5.74, 6) is -1.23. The zero-order chi connectivity index (χ0) is 19.3. The summed E-state index contributed by atoms with van der Waals surface area (Å²) < 4.78 is 53.2. The lowest BCUT2D eigenvalue weighted by Crippen LogP contribution is -2.28. The molecule has 0 aliphatic heterocycles. The molecule has 0 saturated heterocycles. The third-order valence-corrected chi connectivity index (χ3v) is 6.79. The Balaban J connectivity index is 2.03. The average Bonchev–Trinajstić information content (AvgIpc) is 2.99. The standard InChI is InChI=1S/C18H15F3N2O2S2/c1-27(25)11-8-6-10(7-9-11)23-16(24)14-12-4-2-3-5-13(12)26-15(14)22-17(23)18(19,20)21/h6-9H,2-5H2,1H3. The maximum Gasteiger partial charge on any atom is 0.450 e. The smallest absolute Gasteiger partial charge is 0.268 e. The number of alkyl halides is 3. The number of hydrogen-bond donors (Lipinski definition) is 0. The van der Waals surface area contributed by atoms with Gasteiger partial charge in [0.2, 0.25) is 5.82 Å². The van der Waals surface area contributed by atoms with Gasteiger partial charge in [0.15, 0.2) is 0 Å². The maximum absolute atomic E-state index is 13.7. The number of rotatable bonds is 2. The number of nitrogens with zero attached hydrogens (tertiary/aromatic N) is 2. The van der Waals surface area contributed by atoms with Crippen molar-refractivity contribution in [2.45, 2.75) is 36.8 Å². The summed E-state index contributed by atoms with van der Waals surface area (Å²) in [7, 11) is -1.26. The van der Waals surface area contributed by atoms with Crippen molar-refractivity contribution < 1.29 is 17.4 Å². The highest BCUT2D eigenvalue weighted by atomic mass is 32.2. The van der Waals surface area contributed by atoms with Crippen molar-refractivity contribution in [2.75, 3.05) is 6.26 Å². The predicted octanol–water partition coefficient (Wildman–Crippen LogP) is 4.08. The van der Waals surface area contributed by atoms with Gasteiger partial charge in [0, 0.05) is 26.8 Å². The van der Waals surface area contributed by atoms with Crippen LogP contribution < -0.4 is 5.56 Å². The van der Waals surface area contributed by atoms with Gasteiger partial charge in [-0.25, -0.2) is 4.98 Å². The average molecular weight is 412 g/mol. The fourth-order valence-corrected chi connectivity index (χ4v) is 5.19. The number of aryl methyl sites for hydroxylation is 2. The van der Waals surface area contributed by atoms with Gasteiger partial charge in [-0.1, -0.05) is 0 Å². The molecule has 0 bridgehead atoms. The lowest BCUT2D eigenvalue weighted by molar-refractivity contribution is -0.146. The fraction of sp³-hybridized carbons (Fsp3) is 0.333. The van der Waals surface area contributed by atoms with Crippen LogP contribution in [0.15, 0.2) is 34.0 Å². The van der Waals surface area contributed by atoms with Crippen molar-refractivity contribution in [3.63, 3.8) is 0 Å². The predicted molar refractivity (Wildman–Crippen MR) is 99.2 cm³/mol. The van der Waals surface area contributed by atoms with Gasteiger partial charge in [0.25, 0.3) is 5.56 Å². The normalized spacial score (nSPS) is 15.7. The van der Waals surface area contributed by atoms with Gasteiger partial charge in [-0.2, -0.15) is 13.2 Å². The summed E-state index contributed by atoms with van der Waals surface area (Å²) in [6.07, 6.45) is 0.0449. The Labute approximate surface area is 159 Å². The first-order valence-electron chi connectivity index (χ1n) is 8.35. The van der Waals surface area contributed by atoms with Crippen LogP contribution in [0.5, 0.6) is 0 Å². The van der Waals surface area contributed by atoms with E-state index in [2.05, 4.69) is 4.98 Å². The Hall–Kier alpha value is -2.00. The minimum absolute atomic E-state index is 0.0617. The summed E-state index contributed by atoms with van der Waals surface area (Å²) in [5.41, 5.74) is 0.205. The lowest BCUT2D eigenvalue weighted by atomic mass is 9.97. The van der Waals surface area contributed by atoms with Gasteiger partial charge < -0.3 is 0 Å². The van der Waals surface area contributed by atoms with E-state index in [1.165, 1.54) is 41.9 Å². The Bertz CT molecular complexity index is 1110. The molecule has 1 aromatic carbocycles. The van der Waals surface area contributed by atoms with Gasteiger partial charge >= 0.3 is 6.18 Å². The number of halogens is 3. The topological polar surface area (TPSA) is 52.0 Å². The number of benzene rings is 1. The minimum Gasteiger partial charge on any atom is -0.268 e. The van der Waals surface area contributed by atoms with Crippen molar-refractivity contribution in [3.8, 4) is 5.69 Å². The number of aromatic nitrogens is 2. The van der Waals surface area contributed by atoms with Gasteiger partial charge in [-0.3, -0.25) is 13.6 Å². The zero-order valence-corrected chi connectivity index (χ0v) is 15.9. The molecule has 0 saturated carbocycles. The van der Waals surface area contributed by atoms with Gasteiger partial charge in [-0.05, 0) is 55.5 Å². The van der Waals surface area contributed by atoms with E-state index in [9.17, 15) is 22.2 Å². The molecule has 3 aromatic rings. The van der Waals surface area contributed by atoms with Crippen LogP contribution in [0.4, 0.5) is 13.2 Å². The molecule has 1 aliphatic rings. The summed E-state index contributed by atoms with van der Waals surface area (Å²) in [6, 6.07) is 5.68. The van der Waals surface area contributed by atoms with Crippen molar-refractivity contribution in [1.29, 1.82) is 0 Å². The third-order valence-electron chi connectivity index (χ3n) is 4.67. The molecular formula is C18H15F3N2O2S2. The first kappa shape index (κ1) is 18.4. The second-order valence-corrected chi connectivity index (χ2v) is 8.88. The molecule has 4 nitrogen and oxygen atoms in total. The van der Waals surface area contributed by atoms with E-state index in [0.717, 1.165) is 29.7 Å². The second-order valence-electron chi connectivity index (χ2n) is 6.41. The van der Waals surface area contributed by atoms with E-state index in [-0.39, 0.29) is 10.5 Å². The number of fused-ring (bicyclic) bond motifs is 3. The SMILES string of the molecule is CS(=O)c1ccc(-n2c(C(F)(F)F)nc3sc4c(c3c2=O)CCCC4)cc1. The van der Waals surface area contributed by atoms with Crippen LogP contribution in [0.25, 0.3) is 15.9 Å². The molecule has 4 rings (SSSR count). The molecule has 1 atom stereocenters. The third kappa shape index (κ3) is 3.12. The first-order valence-corrected chi connectivity index (χ1v) is 10.7. The molecule has 1 aliphatic carbocycles. The van der Waals surface area contributed by atoms with Crippen molar-refractivity contribution in [2.24, 2.45) is 0 Å². The van der Waals surface area contributed by atoms with Gasteiger partial charge in [0.05, 0.1) is 11.1 Å². The van der Waals surface area contributed by atoms with E-state index < -0.39 is 28.4 Å². The van der Waals surface area contributed by atoms with Crippen LogP contribution in [0.3, 0.4) is 0 Å². The molecule has 142 valence electrons. The molecular weight excluding hydrogens is 397 g/mol. The highest BCUT2D eigenvalue weighted by Crippen LogP contribution is 2.36. The van der Waals surface area contributed by atoms with E-state index in [0.29, 0.717) is 21.3 Å². The van der Waals surface area contributed by atoms with E-state index in [4.69, 9.17) is 0 Å². The molecule has 0 radical (unpaired) electrons. The Morgan fingerprint density at radius 2 is 1.81 bits per heavy atom. The second kappa shape index (κ2) is 6.56. The maximum atomic E-state index is 13.7. The molecule has 27 heavy (non-hydrogen) atoms. The summed E-state index contributed by atoms with van der Waals surface area (Å²) in [6.45, 7) is 0. The van der Waals surface area contributed by atoms with Gasteiger partial charge in [-0.15, -0.1) is 11.3 Å². The molecule has 0 spiro atoms. The van der Waals surface area contributed by atoms with Crippen molar-refractivity contribution in [1.82, 2.24) is 9.55 Å². The van der Waals surface area contributed by atoms with Gasteiger partial charge in [0.1, 0.15) is 4.83 Å². The highest BCUT2D eigenvalue weighted by Gasteiger charge is 2.38. The van der Waals surface area contributed by atoms with E-state index >= 15 is 0 Å². The van der Waals surface area contributed by atoms with E-state index in [1.807, 2.05) is 0 Å². The number of thiophene rings is 1. The Kier molecular flexibility index (Phi) is 4.46. The zero-order valence-electron chi connectivity index (χ0n) is 14.3. The minimum atomic E-state index is -4.77. The fourth-order valence-electron chi connectivity index (χ4n) is 3.42. The molecule has 0 amide bonds. The van der Waals surface area contributed by atoms with Crippen molar-refractivity contribution in [3.05, 3.63) is 50.9 Å². The molecule has 0 fully saturated rings. The summed E-state index contributed by atoms with van der Waals surface area (Å²) in [5, 5.41) is 0.297. The van der Waals surface area contributed by atoms with Crippen LogP contribution in [0.1, 0.15) is 29.1 Å². The molecule has 0 N–H and O–H groups in total. The van der Waals surface area contributed by atoms with Crippen LogP contribution in [-0.2, 0) is 29.8 Å². The van der Waals surface area contributed by atoms with Crippen LogP contribution >= 0.6 is 11.3 Å².